The van der Waals surface area contributed by atoms with Gasteiger partial charge < -0.3 is 25.5 Å². The number of aryl methyl sites for hydroxylation is 2. The molecule has 3 rings (SSSR count). The van der Waals surface area contributed by atoms with Crippen LogP contribution in [0.25, 0.3) is 0 Å². The third kappa shape index (κ3) is 8.65. The van der Waals surface area contributed by atoms with E-state index in [9.17, 15) is 14.4 Å². The van der Waals surface area contributed by atoms with Gasteiger partial charge in [0.25, 0.3) is 5.91 Å². The molecule has 3 heterocycles. The summed E-state index contributed by atoms with van der Waals surface area (Å²) in [6.45, 7) is 11.3. The maximum absolute atomic E-state index is 13.1. The van der Waals surface area contributed by atoms with Gasteiger partial charge in [-0.15, -0.1) is 11.3 Å². The summed E-state index contributed by atoms with van der Waals surface area (Å²) < 4.78 is 0. The Morgan fingerprint density at radius 2 is 1.95 bits per heavy atom. The number of likely N-dealkylation sites (tertiary alicyclic amines) is 1. The van der Waals surface area contributed by atoms with Crippen molar-refractivity contribution in [1.82, 2.24) is 25.4 Å². The lowest BCUT2D eigenvalue weighted by atomic mass is 10.0. The Labute approximate surface area is 239 Å². The highest BCUT2D eigenvalue weighted by Crippen LogP contribution is 2.22. The molecule has 0 aromatic carbocycles. The van der Waals surface area contributed by atoms with E-state index in [0.717, 1.165) is 55.6 Å². The van der Waals surface area contributed by atoms with E-state index in [1.807, 2.05) is 11.8 Å². The van der Waals surface area contributed by atoms with Gasteiger partial charge >= 0.3 is 12.0 Å². The molecule has 1 aliphatic heterocycles. The van der Waals surface area contributed by atoms with Crippen molar-refractivity contribution in [2.45, 2.75) is 78.4 Å². The maximum Gasteiger partial charge on any atom is 0.345 e. The molecule has 39 heavy (non-hydrogen) atoms. The zero-order valence-corrected chi connectivity index (χ0v) is 24.8. The van der Waals surface area contributed by atoms with Crippen LogP contribution in [0.1, 0.15) is 82.1 Å². The topological polar surface area (TPSA) is 115 Å². The van der Waals surface area contributed by atoms with Crippen LogP contribution in [0.2, 0.25) is 5.15 Å². The van der Waals surface area contributed by atoms with Gasteiger partial charge in [-0.3, -0.25) is 4.79 Å². The van der Waals surface area contributed by atoms with Gasteiger partial charge in [0.05, 0.1) is 17.8 Å². The van der Waals surface area contributed by atoms with Gasteiger partial charge in [-0.05, 0) is 70.2 Å². The number of thiophene rings is 1. The number of nitrogens with one attached hydrogen (secondary N) is 2. The molecule has 1 aliphatic rings. The van der Waals surface area contributed by atoms with Gasteiger partial charge in [0.2, 0.25) is 0 Å². The van der Waals surface area contributed by atoms with Crippen molar-refractivity contribution in [3.05, 3.63) is 49.9 Å². The SMILES string of the molecule is CCCCN(C(=O)NCc1ccc(C(=O)O)s1)C1CCN(C(C)CCNC(=O)c2c(C)cc(Cl)nc2C)CC1. The van der Waals surface area contributed by atoms with Crippen LogP contribution in [0.15, 0.2) is 18.2 Å². The first kappa shape index (κ1) is 30.8. The Hall–Kier alpha value is -2.69. The number of unbranched alkanes of at least 4 members (excludes halogenated alkanes) is 1. The standard InChI is InChI=1S/C28H40ClN5O4S/c1-5-6-13-34(28(38)31-17-22-7-8-23(39-22)27(36)37)21-10-14-33(15-11-21)19(3)9-12-30-26(35)25-18(2)16-24(29)32-20(25)4/h7-8,16,19,21H,5-6,9-15,17H2,1-4H3,(H,30,35)(H,31,38)(H,36,37). The average molecular weight is 578 g/mol. The van der Waals surface area contributed by atoms with Crippen molar-refractivity contribution in [3.63, 3.8) is 0 Å². The molecule has 1 unspecified atom stereocenters. The smallest absolute Gasteiger partial charge is 0.345 e. The predicted molar refractivity (Wildman–Crippen MR) is 155 cm³/mol. The molecular formula is C28H40ClN5O4S. The first-order chi connectivity index (χ1) is 18.6. The molecule has 0 bridgehead atoms. The van der Waals surface area contributed by atoms with Crippen molar-refractivity contribution in [1.29, 1.82) is 0 Å². The highest BCUT2D eigenvalue weighted by molar-refractivity contribution is 7.13. The molecule has 0 radical (unpaired) electrons. The third-order valence-corrected chi connectivity index (χ3v) is 8.57. The molecule has 2 aromatic rings. The van der Waals surface area contributed by atoms with E-state index in [1.165, 1.54) is 11.3 Å². The lowest BCUT2D eigenvalue weighted by molar-refractivity contribution is 0.0701. The molecule has 0 aliphatic carbocycles. The summed E-state index contributed by atoms with van der Waals surface area (Å²) in [7, 11) is 0. The Kier molecular flexibility index (Phi) is 11.6. The lowest BCUT2D eigenvalue weighted by Gasteiger charge is -2.40. The van der Waals surface area contributed by atoms with Gasteiger partial charge in [0.15, 0.2) is 0 Å². The molecule has 9 nitrogen and oxygen atoms in total. The number of carbonyl (C=O) groups is 3. The maximum atomic E-state index is 13.1. The number of urea groups is 1. The molecule has 1 fully saturated rings. The fraction of sp³-hybridized carbons (Fsp3) is 0.571. The Morgan fingerprint density at radius 1 is 1.23 bits per heavy atom. The summed E-state index contributed by atoms with van der Waals surface area (Å²) in [5.74, 6) is -1.08. The molecule has 214 valence electrons. The number of hydrogen-bond donors (Lipinski definition) is 3. The number of aromatic nitrogens is 1. The fourth-order valence-electron chi connectivity index (χ4n) is 5.06. The lowest BCUT2D eigenvalue weighted by Crippen LogP contribution is -2.52. The van der Waals surface area contributed by atoms with Crippen LogP contribution in [0.3, 0.4) is 0 Å². The normalized spacial score (nSPS) is 15.1. The molecular weight excluding hydrogens is 538 g/mol. The van der Waals surface area contributed by atoms with Gasteiger partial charge in [-0.1, -0.05) is 24.9 Å². The number of carbonyl (C=O) groups excluding carboxylic acids is 2. The summed E-state index contributed by atoms with van der Waals surface area (Å²) in [5, 5.41) is 15.5. The number of aromatic carboxylic acids is 1. The van der Waals surface area contributed by atoms with Crippen LogP contribution < -0.4 is 10.6 Å². The van der Waals surface area contributed by atoms with Crippen LogP contribution in [-0.4, -0.2) is 76.1 Å². The highest BCUT2D eigenvalue weighted by Gasteiger charge is 2.29. The summed E-state index contributed by atoms with van der Waals surface area (Å²) in [6.07, 6.45) is 4.56. The van der Waals surface area contributed by atoms with Gasteiger partial charge in [-0.2, -0.15) is 0 Å². The van der Waals surface area contributed by atoms with Crippen LogP contribution in [0.5, 0.6) is 0 Å². The molecule has 3 N–H and O–H groups in total. The van der Waals surface area contributed by atoms with E-state index in [1.54, 1.807) is 25.1 Å². The van der Waals surface area contributed by atoms with E-state index in [-0.39, 0.29) is 22.9 Å². The number of hydrogen-bond acceptors (Lipinski definition) is 6. The summed E-state index contributed by atoms with van der Waals surface area (Å²) in [4.78, 5) is 46.6. The summed E-state index contributed by atoms with van der Waals surface area (Å²) in [6, 6.07) is 5.41. The van der Waals surface area contributed by atoms with Crippen molar-refractivity contribution in [3.8, 4) is 0 Å². The third-order valence-electron chi connectivity index (χ3n) is 7.30. The first-order valence-corrected chi connectivity index (χ1v) is 14.8. The largest absolute Gasteiger partial charge is 0.477 e. The van der Waals surface area contributed by atoms with E-state index in [0.29, 0.717) is 42.1 Å². The number of amides is 3. The van der Waals surface area contributed by atoms with Gasteiger partial charge in [0.1, 0.15) is 10.0 Å². The van der Waals surface area contributed by atoms with E-state index in [2.05, 4.69) is 34.4 Å². The number of carboxylic acid groups (broad SMARTS) is 1. The predicted octanol–water partition coefficient (Wildman–Crippen LogP) is 5.10. The van der Waals surface area contributed by atoms with Crippen molar-refractivity contribution < 1.29 is 19.5 Å². The zero-order valence-electron chi connectivity index (χ0n) is 23.3. The van der Waals surface area contributed by atoms with Gasteiger partial charge in [0, 0.05) is 43.1 Å². The second-order valence-corrected chi connectivity index (χ2v) is 11.7. The van der Waals surface area contributed by atoms with Crippen LogP contribution in [-0.2, 0) is 6.54 Å². The Morgan fingerprint density at radius 3 is 2.56 bits per heavy atom. The second-order valence-electron chi connectivity index (χ2n) is 10.2. The summed E-state index contributed by atoms with van der Waals surface area (Å²) in [5.41, 5.74) is 2.03. The zero-order chi connectivity index (χ0) is 28.5. The van der Waals surface area contributed by atoms with Crippen molar-refractivity contribution in [2.75, 3.05) is 26.2 Å². The van der Waals surface area contributed by atoms with Crippen LogP contribution in [0, 0.1) is 13.8 Å². The van der Waals surface area contributed by atoms with Gasteiger partial charge in [-0.25, -0.2) is 14.6 Å². The monoisotopic (exact) mass is 577 g/mol. The van der Waals surface area contributed by atoms with Crippen LogP contribution >= 0.6 is 22.9 Å². The fourth-order valence-corrected chi connectivity index (χ4v) is 6.14. The molecule has 0 spiro atoms. The number of piperidine rings is 1. The van der Waals surface area contributed by atoms with Crippen molar-refractivity contribution >= 4 is 40.8 Å². The summed E-state index contributed by atoms with van der Waals surface area (Å²) >= 11 is 7.18. The molecule has 1 atom stereocenters. The number of nitrogens with zero attached hydrogens (tertiary/aromatic N) is 3. The van der Waals surface area contributed by atoms with E-state index < -0.39 is 5.97 Å². The molecule has 0 saturated carbocycles. The van der Waals surface area contributed by atoms with E-state index in [4.69, 9.17) is 16.7 Å². The van der Waals surface area contributed by atoms with Crippen LogP contribution in [0.4, 0.5) is 4.79 Å². The molecule has 1 saturated heterocycles. The number of pyridine rings is 1. The highest BCUT2D eigenvalue weighted by atomic mass is 35.5. The number of rotatable bonds is 12. The average Bonchev–Trinajstić information content (AvgIpc) is 3.37. The molecule has 11 heteroatoms. The van der Waals surface area contributed by atoms with E-state index >= 15 is 0 Å². The minimum atomic E-state index is -0.949. The molecule has 2 aromatic heterocycles. The number of halogens is 1. The Balaban J connectivity index is 1.47. The number of carboxylic acids is 1. The minimum absolute atomic E-state index is 0.0924. The molecule has 3 amide bonds. The second kappa shape index (κ2) is 14.6. The Bertz CT molecular complexity index is 1130. The quantitative estimate of drug-likeness (QED) is 0.302. The minimum Gasteiger partial charge on any atom is -0.477 e. The van der Waals surface area contributed by atoms with Crippen molar-refractivity contribution in [2.24, 2.45) is 0 Å². The first-order valence-electron chi connectivity index (χ1n) is 13.6.